The summed E-state index contributed by atoms with van der Waals surface area (Å²) in [6.07, 6.45) is 6.11. The van der Waals surface area contributed by atoms with E-state index in [0.29, 0.717) is 51.4 Å². The van der Waals surface area contributed by atoms with Crippen molar-refractivity contribution in [1.29, 1.82) is 0 Å². The van der Waals surface area contributed by atoms with Gasteiger partial charge in [0.05, 0.1) is 24.6 Å². The third-order valence-electron chi connectivity index (χ3n) is 6.75. The normalized spacial score (nSPS) is 15.7. The number of imidazole rings is 1. The Hall–Kier alpha value is -3.47. The molecule has 182 valence electrons. The van der Waals surface area contributed by atoms with Crippen LogP contribution in [-0.4, -0.2) is 60.1 Å². The highest BCUT2D eigenvalue weighted by molar-refractivity contribution is 7.17. The van der Waals surface area contributed by atoms with E-state index in [-0.39, 0.29) is 5.91 Å². The molecule has 0 bridgehead atoms. The summed E-state index contributed by atoms with van der Waals surface area (Å²) in [7, 11) is 3.29. The molecule has 10 nitrogen and oxygen atoms in total. The first kappa shape index (κ1) is 22.0. The number of ether oxygens (including phenoxy) is 1. The SMILES string of the molecule is CCn1c(C(=O)N(C2CC2)C2CC2)cc2c3c(ncn3C)c(Nc3nc(C)c(C(=O)OC)s3)nc21. The van der Waals surface area contributed by atoms with Crippen LogP contribution in [0.25, 0.3) is 22.1 Å². The second-order valence-corrected chi connectivity index (χ2v) is 10.2. The number of esters is 1. The molecule has 0 aliphatic heterocycles. The number of fused-ring (bicyclic) bond motifs is 3. The Morgan fingerprint density at radius 1 is 1.23 bits per heavy atom. The van der Waals surface area contributed by atoms with E-state index in [9.17, 15) is 9.59 Å². The monoisotopic (exact) mass is 493 g/mol. The largest absolute Gasteiger partial charge is 0.465 e. The number of amides is 1. The van der Waals surface area contributed by atoms with Crippen molar-refractivity contribution in [2.45, 2.75) is 58.2 Å². The number of hydrogen-bond donors (Lipinski definition) is 1. The average Bonchev–Trinajstić information content (AvgIpc) is 3.76. The molecule has 2 aliphatic rings. The van der Waals surface area contributed by atoms with Crippen LogP contribution in [-0.2, 0) is 18.3 Å². The van der Waals surface area contributed by atoms with Gasteiger partial charge in [0, 0.05) is 31.1 Å². The number of aryl methyl sites for hydroxylation is 3. The van der Waals surface area contributed by atoms with Crippen molar-refractivity contribution in [3.63, 3.8) is 0 Å². The first-order valence-corrected chi connectivity index (χ1v) is 12.7. The Bertz CT molecular complexity index is 1480. The van der Waals surface area contributed by atoms with Crippen molar-refractivity contribution >= 4 is 56.2 Å². The molecule has 1 N–H and O–H groups in total. The number of carbonyl (C=O) groups is 2. The van der Waals surface area contributed by atoms with Gasteiger partial charge in [-0.3, -0.25) is 4.79 Å². The van der Waals surface area contributed by atoms with Crippen LogP contribution in [0.2, 0.25) is 0 Å². The van der Waals surface area contributed by atoms with E-state index in [1.165, 1.54) is 18.4 Å². The predicted molar refractivity (Wildman–Crippen MR) is 133 cm³/mol. The molecule has 4 heterocycles. The van der Waals surface area contributed by atoms with Crippen molar-refractivity contribution in [1.82, 2.24) is 29.0 Å². The number of anilines is 2. The van der Waals surface area contributed by atoms with Crippen LogP contribution in [0.4, 0.5) is 10.9 Å². The van der Waals surface area contributed by atoms with E-state index < -0.39 is 5.97 Å². The van der Waals surface area contributed by atoms with Crippen LogP contribution in [0.15, 0.2) is 12.4 Å². The first-order valence-electron chi connectivity index (χ1n) is 11.9. The van der Waals surface area contributed by atoms with Gasteiger partial charge >= 0.3 is 5.97 Å². The molecule has 0 unspecified atom stereocenters. The molecular weight excluding hydrogens is 466 g/mol. The van der Waals surface area contributed by atoms with E-state index in [1.54, 1.807) is 13.3 Å². The second kappa shape index (κ2) is 8.04. The zero-order valence-corrected chi connectivity index (χ0v) is 21.0. The van der Waals surface area contributed by atoms with Gasteiger partial charge in [0.25, 0.3) is 5.91 Å². The molecule has 0 saturated heterocycles. The van der Waals surface area contributed by atoms with Gasteiger partial charge in [-0.05, 0) is 45.6 Å². The molecule has 2 saturated carbocycles. The molecule has 0 spiro atoms. The van der Waals surface area contributed by atoms with Crippen molar-refractivity contribution in [3.05, 3.63) is 28.7 Å². The van der Waals surface area contributed by atoms with Gasteiger partial charge in [-0.15, -0.1) is 0 Å². The first-order chi connectivity index (χ1) is 16.9. The summed E-state index contributed by atoms with van der Waals surface area (Å²) < 4.78 is 8.81. The minimum absolute atomic E-state index is 0.0953. The number of hydrogen-bond acceptors (Lipinski definition) is 8. The lowest BCUT2D eigenvalue weighted by Crippen LogP contribution is -2.36. The van der Waals surface area contributed by atoms with E-state index in [1.807, 2.05) is 29.2 Å². The third-order valence-corrected chi connectivity index (χ3v) is 7.80. The third kappa shape index (κ3) is 3.56. The Kier molecular flexibility index (Phi) is 5.06. The molecule has 4 aromatic rings. The predicted octanol–water partition coefficient (Wildman–Crippen LogP) is 4.01. The van der Waals surface area contributed by atoms with Gasteiger partial charge in [0.1, 0.15) is 21.7 Å². The Morgan fingerprint density at radius 3 is 2.57 bits per heavy atom. The maximum absolute atomic E-state index is 13.7. The van der Waals surface area contributed by atoms with Crippen LogP contribution >= 0.6 is 11.3 Å². The number of thiazole rings is 1. The average molecular weight is 494 g/mol. The lowest BCUT2D eigenvalue weighted by atomic mass is 10.2. The molecule has 1 amide bonds. The minimum Gasteiger partial charge on any atom is -0.465 e. The molecule has 6 rings (SSSR count). The van der Waals surface area contributed by atoms with Crippen molar-refractivity contribution < 1.29 is 14.3 Å². The van der Waals surface area contributed by atoms with Crippen molar-refractivity contribution in [2.75, 3.05) is 12.4 Å². The van der Waals surface area contributed by atoms with Crippen molar-refractivity contribution in [3.8, 4) is 0 Å². The highest BCUT2D eigenvalue weighted by Gasteiger charge is 2.43. The summed E-state index contributed by atoms with van der Waals surface area (Å²) in [5.74, 6) is 0.211. The van der Waals surface area contributed by atoms with Gasteiger partial charge in [-0.2, -0.15) is 0 Å². The molecule has 2 fully saturated rings. The Labute approximate surface area is 205 Å². The smallest absolute Gasteiger partial charge is 0.350 e. The molecule has 2 aliphatic carbocycles. The minimum atomic E-state index is -0.418. The summed E-state index contributed by atoms with van der Waals surface area (Å²) >= 11 is 1.21. The summed E-state index contributed by atoms with van der Waals surface area (Å²) in [6, 6.07) is 2.72. The number of aromatic nitrogens is 5. The maximum Gasteiger partial charge on any atom is 0.350 e. The zero-order valence-electron chi connectivity index (χ0n) is 20.2. The summed E-state index contributed by atoms with van der Waals surface area (Å²) in [5, 5.41) is 4.69. The molecular formula is C24H27N7O3S. The fourth-order valence-corrected chi connectivity index (χ4v) is 5.68. The lowest BCUT2D eigenvalue weighted by Gasteiger charge is -2.22. The quantitative estimate of drug-likeness (QED) is 0.388. The fourth-order valence-electron chi connectivity index (χ4n) is 4.80. The van der Waals surface area contributed by atoms with Gasteiger partial charge in [0.2, 0.25) is 0 Å². The molecule has 11 heteroatoms. The summed E-state index contributed by atoms with van der Waals surface area (Å²) in [6.45, 7) is 4.42. The van der Waals surface area contributed by atoms with E-state index in [0.717, 1.165) is 42.2 Å². The van der Waals surface area contributed by atoms with Crippen LogP contribution in [0, 0.1) is 6.92 Å². The number of carbonyl (C=O) groups excluding carboxylic acids is 2. The maximum atomic E-state index is 13.7. The van der Waals surface area contributed by atoms with E-state index in [2.05, 4.69) is 20.2 Å². The molecule has 4 aromatic heterocycles. The number of nitrogens with one attached hydrogen (secondary N) is 1. The number of nitrogens with zero attached hydrogens (tertiary/aromatic N) is 6. The standard InChI is InChI=1S/C24H27N7O3S/c1-5-30-16(22(32)31(13-6-7-13)14-8-9-14)10-15-18-17(25-11-29(18)3)20(27-21(15)30)28-24-26-12(2)19(35-24)23(33)34-4/h10-11,13-14H,5-9H2,1-4H3,(H,26,27,28). The fraction of sp³-hybridized carbons (Fsp3) is 0.458. The van der Waals surface area contributed by atoms with Crippen LogP contribution in [0.5, 0.6) is 0 Å². The highest BCUT2D eigenvalue weighted by Crippen LogP contribution is 2.40. The number of methoxy groups -OCH3 is 1. The number of rotatable bonds is 7. The Balaban J connectivity index is 1.48. The van der Waals surface area contributed by atoms with Gasteiger partial charge in [0.15, 0.2) is 10.9 Å². The Morgan fingerprint density at radius 2 is 1.94 bits per heavy atom. The van der Waals surface area contributed by atoms with Gasteiger partial charge < -0.3 is 24.1 Å². The summed E-state index contributed by atoms with van der Waals surface area (Å²) in [4.78, 5) is 42.3. The van der Waals surface area contributed by atoms with Crippen molar-refractivity contribution in [2.24, 2.45) is 7.05 Å². The topological polar surface area (TPSA) is 107 Å². The summed E-state index contributed by atoms with van der Waals surface area (Å²) in [5.41, 5.74) is 3.56. The van der Waals surface area contributed by atoms with Crippen LogP contribution < -0.4 is 5.32 Å². The van der Waals surface area contributed by atoms with Crippen LogP contribution in [0.3, 0.4) is 0 Å². The number of pyridine rings is 1. The molecule has 35 heavy (non-hydrogen) atoms. The molecule has 0 radical (unpaired) electrons. The van der Waals surface area contributed by atoms with Gasteiger partial charge in [-0.25, -0.2) is 19.7 Å². The highest BCUT2D eigenvalue weighted by atomic mass is 32.1. The van der Waals surface area contributed by atoms with Gasteiger partial charge in [-0.1, -0.05) is 11.3 Å². The zero-order chi connectivity index (χ0) is 24.4. The second-order valence-electron chi connectivity index (χ2n) is 9.25. The lowest BCUT2D eigenvalue weighted by molar-refractivity contribution is 0.0604. The molecule has 0 atom stereocenters. The van der Waals surface area contributed by atoms with Crippen LogP contribution in [0.1, 0.15) is 58.5 Å². The van der Waals surface area contributed by atoms with E-state index in [4.69, 9.17) is 9.72 Å². The van der Waals surface area contributed by atoms with E-state index >= 15 is 0 Å². The molecule has 0 aromatic carbocycles.